The van der Waals surface area contributed by atoms with E-state index in [1.807, 2.05) is 0 Å². The number of hydrogen-bond donors (Lipinski definition) is 1. The predicted molar refractivity (Wildman–Crippen MR) is 89.0 cm³/mol. The van der Waals surface area contributed by atoms with E-state index in [0.717, 1.165) is 37.6 Å². The Morgan fingerprint density at radius 3 is 2.50 bits per heavy atom. The highest BCUT2D eigenvalue weighted by atomic mass is 32.2. The minimum Gasteiger partial charge on any atom is -0.352 e. The van der Waals surface area contributed by atoms with Gasteiger partial charge in [-0.3, -0.25) is 9.59 Å². The number of carbonyl (C=O) groups excluding carboxylic acids is 2. The summed E-state index contributed by atoms with van der Waals surface area (Å²) in [6, 6.07) is 0.290. The van der Waals surface area contributed by atoms with Crippen LogP contribution in [0.15, 0.2) is 0 Å². The Kier molecular flexibility index (Phi) is 5.63. The molecule has 0 aromatic heterocycles. The molecule has 3 fully saturated rings. The van der Waals surface area contributed by atoms with Crippen LogP contribution >= 0.6 is 11.8 Å². The van der Waals surface area contributed by atoms with Gasteiger partial charge in [0, 0.05) is 38.0 Å². The standard InChI is InChI=1S/C16H27N3O2S/c20-15(12-19-9-10-22-16(19)21)17-14-5-7-18(8-6-14)11-13-3-1-2-4-13/h13-14H,1-12H2,(H,17,20). The second-order valence-electron chi connectivity index (χ2n) is 6.83. The zero-order valence-corrected chi connectivity index (χ0v) is 14.1. The van der Waals surface area contributed by atoms with Gasteiger partial charge in [-0.15, -0.1) is 0 Å². The van der Waals surface area contributed by atoms with Crippen LogP contribution in [0.2, 0.25) is 0 Å². The fourth-order valence-corrected chi connectivity index (χ4v) is 4.66. The van der Waals surface area contributed by atoms with Gasteiger partial charge in [0.2, 0.25) is 5.91 Å². The van der Waals surface area contributed by atoms with Gasteiger partial charge in [-0.1, -0.05) is 24.6 Å². The van der Waals surface area contributed by atoms with Gasteiger partial charge >= 0.3 is 0 Å². The summed E-state index contributed by atoms with van der Waals surface area (Å²) in [7, 11) is 0. The van der Waals surface area contributed by atoms with E-state index < -0.39 is 0 Å². The lowest BCUT2D eigenvalue weighted by molar-refractivity contribution is -0.122. The topological polar surface area (TPSA) is 52.7 Å². The summed E-state index contributed by atoms with van der Waals surface area (Å²) in [5.74, 6) is 1.72. The fraction of sp³-hybridized carbons (Fsp3) is 0.875. The summed E-state index contributed by atoms with van der Waals surface area (Å²) in [5.41, 5.74) is 0. The summed E-state index contributed by atoms with van der Waals surface area (Å²) in [4.78, 5) is 27.8. The Morgan fingerprint density at radius 2 is 1.86 bits per heavy atom. The molecule has 0 aromatic rings. The number of nitrogens with zero attached hydrogens (tertiary/aromatic N) is 2. The SMILES string of the molecule is O=C(CN1CCSC1=O)NC1CCN(CC2CCCC2)CC1. The second kappa shape index (κ2) is 7.68. The molecule has 0 radical (unpaired) electrons. The molecule has 1 saturated carbocycles. The first-order valence-corrected chi connectivity index (χ1v) is 9.62. The van der Waals surface area contributed by atoms with Crippen molar-refractivity contribution < 1.29 is 9.59 Å². The summed E-state index contributed by atoms with van der Waals surface area (Å²) in [6.07, 6.45) is 7.70. The smallest absolute Gasteiger partial charge is 0.282 e. The lowest BCUT2D eigenvalue weighted by atomic mass is 10.0. The maximum Gasteiger partial charge on any atom is 0.282 e. The third-order valence-electron chi connectivity index (χ3n) is 5.12. The van der Waals surface area contributed by atoms with Gasteiger partial charge in [-0.25, -0.2) is 0 Å². The molecule has 6 heteroatoms. The van der Waals surface area contributed by atoms with Gasteiger partial charge in [0.15, 0.2) is 0 Å². The van der Waals surface area contributed by atoms with Crippen molar-refractivity contribution in [1.82, 2.24) is 15.1 Å². The minimum absolute atomic E-state index is 0.00472. The molecule has 124 valence electrons. The van der Waals surface area contributed by atoms with Crippen molar-refractivity contribution >= 4 is 22.9 Å². The lowest BCUT2D eigenvalue weighted by Gasteiger charge is -2.34. The van der Waals surface area contributed by atoms with E-state index in [2.05, 4.69) is 10.2 Å². The molecule has 22 heavy (non-hydrogen) atoms. The number of likely N-dealkylation sites (tertiary alicyclic amines) is 1. The first-order valence-electron chi connectivity index (χ1n) is 8.64. The fourth-order valence-electron chi connectivity index (χ4n) is 3.83. The number of nitrogens with one attached hydrogen (secondary N) is 1. The van der Waals surface area contributed by atoms with E-state index in [-0.39, 0.29) is 23.7 Å². The van der Waals surface area contributed by atoms with Gasteiger partial charge < -0.3 is 15.1 Å². The molecule has 2 saturated heterocycles. The molecule has 2 amide bonds. The van der Waals surface area contributed by atoms with Crippen LogP contribution in [0, 0.1) is 5.92 Å². The maximum absolute atomic E-state index is 12.0. The van der Waals surface area contributed by atoms with Crippen molar-refractivity contribution in [2.75, 3.05) is 38.5 Å². The molecule has 1 aliphatic carbocycles. The Bertz CT molecular complexity index is 404. The van der Waals surface area contributed by atoms with Crippen molar-refractivity contribution in [3.05, 3.63) is 0 Å². The third-order valence-corrected chi connectivity index (χ3v) is 6.02. The molecule has 0 unspecified atom stereocenters. The first kappa shape index (κ1) is 16.1. The molecule has 3 rings (SSSR count). The summed E-state index contributed by atoms with van der Waals surface area (Å²) >= 11 is 1.31. The van der Waals surface area contributed by atoms with Crippen LogP contribution in [-0.2, 0) is 4.79 Å². The van der Waals surface area contributed by atoms with Crippen LogP contribution in [0.25, 0.3) is 0 Å². The van der Waals surface area contributed by atoms with Crippen LogP contribution in [0.1, 0.15) is 38.5 Å². The molecule has 0 spiro atoms. The van der Waals surface area contributed by atoms with Crippen molar-refractivity contribution in [3.8, 4) is 0 Å². The second-order valence-corrected chi connectivity index (χ2v) is 7.87. The lowest BCUT2D eigenvalue weighted by Crippen LogP contribution is -2.48. The van der Waals surface area contributed by atoms with Crippen molar-refractivity contribution in [1.29, 1.82) is 0 Å². The largest absolute Gasteiger partial charge is 0.352 e. The number of thioether (sulfide) groups is 1. The highest BCUT2D eigenvalue weighted by Gasteiger charge is 2.26. The predicted octanol–water partition coefficient (Wildman–Crippen LogP) is 1.93. The molecule has 0 atom stereocenters. The van der Waals surface area contributed by atoms with E-state index in [1.54, 1.807) is 4.90 Å². The van der Waals surface area contributed by atoms with Crippen LogP contribution in [0.5, 0.6) is 0 Å². The zero-order valence-electron chi connectivity index (χ0n) is 13.3. The molecule has 1 N–H and O–H groups in total. The Hall–Kier alpha value is -0.750. The van der Waals surface area contributed by atoms with Gasteiger partial charge in [0.05, 0.1) is 0 Å². The van der Waals surface area contributed by atoms with Gasteiger partial charge in [-0.2, -0.15) is 0 Å². The molecule has 3 aliphatic rings. The Morgan fingerprint density at radius 1 is 1.14 bits per heavy atom. The average Bonchev–Trinajstić information content (AvgIpc) is 3.14. The van der Waals surface area contributed by atoms with Crippen LogP contribution in [-0.4, -0.2) is 65.5 Å². The molecule has 0 bridgehead atoms. The number of piperidine rings is 1. The van der Waals surface area contributed by atoms with Crippen LogP contribution < -0.4 is 5.32 Å². The molecule has 0 aromatic carbocycles. The maximum atomic E-state index is 12.0. The van der Waals surface area contributed by atoms with E-state index in [4.69, 9.17) is 0 Å². The quantitative estimate of drug-likeness (QED) is 0.839. The average molecular weight is 325 g/mol. The van der Waals surface area contributed by atoms with Crippen molar-refractivity contribution in [3.63, 3.8) is 0 Å². The van der Waals surface area contributed by atoms with Crippen LogP contribution in [0.3, 0.4) is 0 Å². The monoisotopic (exact) mass is 325 g/mol. The summed E-state index contributed by atoms with van der Waals surface area (Å²) < 4.78 is 0. The first-order chi connectivity index (χ1) is 10.7. The summed E-state index contributed by atoms with van der Waals surface area (Å²) in [5, 5.41) is 3.15. The van der Waals surface area contributed by atoms with Gasteiger partial charge in [-0.05, 0) is 31.6 Å². The highest BCUT2D eigenvalue weighted by molar-refractivity contribution is 8.13. The Balaban J connectivity index is 1.34. The van der Waals surface area contributed by atoms with Crippen molar-refractivity contribution in [2.45, 2.75) is 44.6 Å². The van der Waals surface area contributed by atoms with Crippen LogP contribution in [0.4, 0.5) is 4.79 Å². The minimum atomic E-state index is 0.00472. The number of amides is 2. The molecular weight excluding hydrogens is 298 g/mol. The number of hydrogen-bond acceptors (Lipinski definition) is 4. The van der Waals surface area contributed by atoms with E-state index in [9.17, 15) is 9.59 Å². The molecule has 2 heterocycles. The van der Waals surface area contributed by atoms with E-state index in [1.165, 1.54) is 44.0 Å². The van der Waals surface area contributed by atoms with Gasteiger partial charge in [0.1, 0.15) is 6.54 Å². The number of carbonyl (C=O) groups is 2. The van der Waals surface area contributed by atoms with Gasteiger partial charge in [0.25, 0.3) is 5.24 Å². The molecule has 2 aliphatic heterocycles. The summed E-state index contributed by atoms with van der Waals surface area (Å²) in [6.45, 7) is 4.38. The zero-order chi connectivity index (χ0) is 15.4. The van der Waals surface area contributed by atoms with E-state index in [0.29, 0.717) is 6.54 Å². The van der Waals surface area contributed by atoms with Crippen molar-refractivity contribution in [2.24, 2.45) is 5.92 Å². The number of rotatable bonds is 5. The molecular formula is C16H27N3O2S. The highest BCUT2D eigenvalue weighted by Crippen LogP contribution is 2.26. The third kappa shape index (κ3) is 4.38. The Labute approximate surface area is 137 Å². The van der Waals surface area contributed by atoms with E-state index >= 15 is 0 Å². The normalized spacial score (nSPS) is 25.1. The molecule has 5 nitrogen and oxygen atoms in total.